The zero-order valence-electron chi connectivity index (χ0n) is 21.6. The van der Waals surface area contributed by atoms with Gasteiger partial charge in [0.25, 0.3) is 0 Å². The summed E-state index contributed by atoms with van der Waals surface area (Å²) in [6.07, 6.45) is 15.1. The lowest BCUT2D eigenvalue weighted by Crippen LogP contribution is -2.63. The van der Waals surface area contributed by atoms with Crippen LogP contribution in [0.15, 0.2) is 0 Å². The molecule has 10 atom stereocenters. The Bertz CT molecular complexity index is 826. The molecule has 1 nitrogen and oxygen atoms in total. The van der Waals surface area contributed by atoms with E-state index >= 15 is 0 Å². The lowest BCUT2D eigenvalue weighted by Gasteiger charge is -2.69. The third-order valence-electron chi connectivity index (χ3n) is 14.3. The number of Topliss-reactive ketones (excluding diaryl/α,β-unsaturated/α-hetero) is 1. The topological polar surface area (TPSA) is 17.1 Å². The summed E-state index contributed by atoms with van der Waals surface area (Å²) in [5.74, 6) is 4.76. The molecule has 6 aliphatic carbocycles. The number of fused-ring (bicyclic) bond motifs is 4. The molecule has 6 aliphatic rings. The van der Waals surface area contributed by atoms with Crippen LogP contribution in [0, 0.1) is 62.1 Å². The van der Waals surface area contributed by atoms with E-state index < -0.39 is 0 Å². The van der Waals surface area contributed by atoms with Gasteiger partial charge in [-0.3, -0.25) is 4.79 Å². The van der Waals surface area contributed by atoms with Gasteiger partial charge >= 0.3 is 0 Å². The molecular formula is C30H48O. The second-order valence-corrected chi connectivity index (χ2v) is 15.2. The lowest BCUT2D eigenvalue weighted by molar-refractivity contribution is -0.207. The fourth-order valence-electron chi connectivity index (χ4n) is 12.6. The molecule has 0 heterocycles. The molecule has 31 heavy (non-hydrogen) atoms. The molecule has 174 valence electrons. The molecule has 0 radical (unpaired) electrons. The third kappa shape index (κ3) is 2.16. The first-order chi connectivity index (χ1) is 14.4. The molecule has 0 aliphatic heterocycles. The number of rotatable bonds is 0. The van der Waals surface area contributed by atoms with Crippen molar-refractivity contribution < 1.29 is 4.79 Å². The van der Waals surface area contributed by atoms with Crippen molar-refractivity contribution in [1.29, 1.82) is 0 Å². The molecule has 0 amide bonds. The van der Waals surface area contributed by atoms with Gasteiger partial charge in [-0.2, -0.15) is 0 Å². The van der Waals surface area contributed by atoms with Crippen LogP contribution in [0.1, 0.15) is 119 Å². The number of carbonyl (C=O) groups is 1. The van der Waals surface area contributed by atoms with Crippen LogP contribution in [0.4, 0.5) is 0 Å². The highest BCUT2D eigenvalue weighted by atomic mass is 16.1. The van der Waals surface area contributed by atoms with E-state index in [1.54, 1.807) is 6.42 Å². The Balaban J connectivity index is 1.41. The number of hydrogen-bond donors (Lipinski definition) is 0. The molecule has 6 fully saturated rings. The molecule has 0 spiro atoms. The summed E-state index contributed by atoms with van der Waals surface area (Å²) in [6.45, 7) is 17.9. The Hall–Kier alpha value is -0.330. The fraction of sp³-hybridized carbons (Fsp3) is 0.967. The molecule has 0 aromatic heterocycles. The van der Waals surface area contributed by atoms with Gasteiger partial charge in [0.15, 0.2) is 0 Å². The Morgan fingerprint density at radius 3 is 2.23 bits per heavy atom. The van der Waals surface area contributed by atoms with Crippen LogP contribution < -0.4 is 0 Å². The molecule has 1 heteroatoms. The highest BCUT2D eigenvalue weighted by Crippen LogP contribution is 2.91. The van der Waals surface area contributed by atoms with E-state index in [9.17, 15) is 4.79 Å². The maximum atomic E-state index is 12.9. The van der Waals surface area contributed by atoms with E-state index in [0.29, 0.717) is 38.8 Å². The number of hydrogen-bond acceptors (Lipinski definition) is 1. The Morgan fingerprint density at radius 1 is 0.774 bits per heavy atom. The van der Waals surface area contributed by atoms with Crippen LogP contribution in [0.3, 0.4) is 0 Å². The minimum Gasteiger partial charge on any atom is -0.299 e. The van der Waals surface area contributed by atoms with Crippen LogP contribution >= 0.6 is 0 Å². The Kier molecular flexibility index (Phi) is 3.99. The van der Waals surface area contributed by atoms with E-state index in [2.05, 4.69) is 48.5 Å². The summed E-state index contributed by atoms with van der Waals surface area (Å²) in [7, 11) is 0. The van der Waals surface area contributed by atoms with Gasteiger partial charge in [0.05, 0.1) is 0 Å². The Labute approximate surface area is 191 Å². The minimum atomic E-state index is -0.109. The summed E-state index contributed by atoms with van der Waals surface area (Å²) in [6, 6.07) is 0. The first kappa shape index (κ1) is 21.2. The average molecular weight is 425 g/mol. The molecule has 0 aromatic carbocycles. The second-order valence-electron chi connectivity index (χ2n) is 15.2. The predicted molar refractivity (Wildman–Crippen MR) is 128 cm³/mol. The maximum Gasteiger partial charge on any atom is 0.138 e. The smallest absolute Gasteiger partial charge is 0.138 e. The van der Waals surface area contributed by atoms with Gasteiger partial charge in [0.2, 0.25) is 0 Å². The second kappa shape index (κ2) is 5.83. The highest BCUT2D eigenvalue weighted by molar-refractivity contribution is 5.85. The van der Waals surface area contributed by atoms with Gasteiger partial charge in [0.1, 0.15) is 5.78 Å². The number of carbonyl (C=O) groups excluding carboxylic acids is 1. The minimum absolute atomic E-state index is 0.109. The van der Waals surface area contributed by atoms with Crippen molar-refractivity contribution in [3.05, 3.63) is 0 Å². The molecule has 6 rings (SSSR count). The number of ketones is 1. The Morgan fingerprint density at radius 2 is 1.48 bits per heavy atom. The fourth-order valence-corrected chi connectivity index (χ4v) is 12.6. The van der Waals surface area contributed by atoms with Crippen molar-refractivity contribution in [3.63, 3.8) is 0 Å². The van der Waals surface area contributed by atoms with E-state index in [1.807, 2.05) is 0 Å². The van der Waals surface area contributed by atoms with Crippen molar-refractivity contribution >= 4 is 5.78 Å². The SMILES string of the molecule is CC1CCC2(C)CCC34CC3(CCC3C5(C)CCC(=O)C(C)(C)C5CCC34C)C2C1C. The van der Waals surface area contributed by atoms with Crippen LogP contribution in [0.2, 0.25) is 0 Å². The molecule has 0 aromatic rings. The van der Waals surface area contributed by atoms with Gasteiger partial charge < -0.3 is 0 Å². The molecule has 0 bridgehead atoms. The normalized spacial score (nSPS) is 61.9. The molecule has 0 N–H and O–H groups in total. The third-order valence-corrected chi connectivity index (χ3v) is 14.3. The van der Waals surface area contributed by atoms with Gasteiger partial charge in [0, 0.05) is 11.8 Å². The van der Waals surface area contributed by atoms with Crippen molar-refractivity contribution in [3.8, 4) is 0 Å². The van der Waals surface area contributed by atoms with E-state index in [0.717, 1.165) is 36.5 Å². The maximum absolute atomic E-state index is 12.9. The van der Waals surface area contributed by atoms with Crippen molar-refractivity contribution in [2.24, 2.45) is 62.1 Å². The largest absolute Gasteiger partial charge is 0.299 e. The van der Waals surface area contributed by atoms with Gasteiger partial charge in [-0.25, -0.2) is 0 Å². The monoisotopic (exact) mass is 424 g/mol. The first-order valence-corrected chi connectivity index (χ1v) is 13.9. The van der Waals surface area contributed by atoms with Crippen LogP contribution in [-0.4, -0.2) is 5.78 Å². The van der Waals surface area contributed by atoms with Crippen molar-refractivity contribution in [1.82, 2.24) is 0 Å². The molecule has 0 saturated heterocycles. The molecule has 6 saturated carbocycles. The molecular weight excluding hydrogens is 376 g/mol. The zero-order valence-corrected chi connectivity index (χ0v) is 21.6. The zero-order chi connectivity index (χ0) is 22.2. The highest BCUT2D eigenvalue weighted by Gasteiger charge is 2.84. The van der Waals surface area contributed by atoms with Crippen LogP contribution in [0.5, 0.6) is 0 Å². The average Bonchev–Trinajstić information content (AvgIpc) is 3.39. The van der Waals surface area contributed by atoms with Crippen LogP contribution in [-0.2, 0) is 4.79 Å². The molecule has 10 unspecified atom stereocenters. The summed E-state index contributed by atoms with van der Waals surface area (Å²) >= 11 is 0. The quantitative estimate of drug-likeness (QED) is 0.384. The summed E-state index contributed by atoms with van der Waals surface area (Å²) < 4.78 is 0. The van der Waals surface area contributed by atoms with Gasteiger partial charge in [-0.05, 0) is 121 Å². The van der Waals surface area contributed by atoms with Crippen LogP contribution in [0.25, 0.3) is 0 Å². The van der Waals surface area contributed by atoms with Crippen molar-refractivity contribution in [2.45, 2.75) is 119 Å². The van der Waals surface area contributed by atoms with E-state index in [-0.39, 0.29) is 5.41 Å². The first-order valence-electron chi connectivity index (χ1n) is 13.9. The van der Waals surface area contributed by atoms with Gasteiger partial charge in [-0.1, -0.05) is 48.5 Å². The van der Waals surface area contributed by atoms with Crippen molar-refractivity contribution in [2.75, 3.05) is 0 Å². The van der Waals surface area contributed by atoms with E-state index in [4.69, 9.17) is 0 Å². The van der Waals surface area contributed by atoms with Gasteiger partial charge in [-0.15, -0.1) is 0 Å². The summed E-state index contributed by atoms with van der Waals surface area (Å²) in [5.41, 5.74) is 2.66. The van der Waals surface area contributed by atoms with E-state index in [1.165, 1.54) is 51.4 Å². The lowest BCUT2D eigenvalue weighted by atomic mass is 9.35. The standard InChI is InChI=1S/C30H48O/c1-19-8-12-26(5)16-17-30-18-29(30,24(26)20(19)2)15-10-22-27(6)13-11-23(31)25(3,4)21(27)9-14-28(22,30)7/h19-22,24H,8-18H2,1-7H3. The summed E-state index contributed by atoms with van der Waals surface area (Å²) in [4.78, 5) is 12.9. The summed E-state index contributed by atoms with van der Waals surface area (Å²) in [5, 5.41) is 0. The predicted octanol–water partition coefficient (Wildman–Crippen LogP) is 8.07.